The maximum Gasteiger partial charge on any atom is 0.405 e. The Labute approximate surface area is 191 Å². The van der Waals surface area contributed by atoms with Gasteiger partial charge in [-0.3, -0.25) is 14.6 Å². The predicted octanol–water partition coefficient (Wildman–Crippen LogP) is 3.74. The molecule has 1 atom stereocenters. The fourth-order valence-electron chi connectivity index (χ4n) is 3.75. The molecule has 0 aromatic heterocycles. The van der Waals surface area contributed by atoms with Gasteiger partial charge in [0, 0.05) is 37.7 Å². The van der Waals surface area contributed by atoms with Crippen molar-refractivity contribution in [3.05, 3.63) is 70.7 Å². The van der Waals surface area contributed by atoms with Gasteiger partial charge in [-0.15, -0.1) is 0 Å². The molecule has 1 heterocycles. The van der Waals surface area contributed by atoms with E-state index in [1.807, 2.05) is 30.3 Å². The Balaban J connectivity index is 1.47. The molecule has 1 unspecified atom stereocenters. The maximum absolute atomic E-state index is 12.1. The number of carbonyl (C=O) groups excluding carboxylic acids is 1. The first kappa shape index (κ1) is 24.5. The normalized spacial score (nSPS) is 16.6. The van der Waals surface area contributed by atoms with Crippen LogP contribution in [-0.2, 0) is 9.53 Å². The smallest absolute Gasteiger partial charge is 0.370 e. The van der Waals surface area contributed by atoms with E-state index in [-0.39, 0.29) is 12.6 Å². The van der Waals surface area contributed by atoms with Gasteiger partial charge < -0.3 is 10.1 Å². The molecular formula is C23H27ClF3N3O2. The summed E-state index contributed by atoms with van der Waals surface area (Å²) < 4.78 is 41.5. The van der Waals surface area contributed by atoms with Gasteiger partial charge in [0.05, 0.1) is 12.6 Å². The molecule has 1 aliphatic heterocycles. The standard InChI is InChI=1S/C23H27ClF3N3O2/c24-20-8-6-19(7-9-20)22(18-4-2-1-3-5-18)30-12-10-29(11-13-30)14-15-32-16-21(31)28-17-23(25,26)27/h1-9,22H,10-17H2,(H,28,31). The summed E-state index contributed by atoms with van der Waals surface area (Å²) in [4.78, 5) is 16.0. The molecule has 0 aliphatic carbocycles. The van der Waals surface area contributed by atoms with Crippen LogP contribution >= 0.6 is 11.6 Å². The van der Waals surface area contributed by atoms with Crippen LogP contribution in [0, 0.1) is 0 Å². The van der Waals surface area contributed by atoms with Crippen molar-refractivity contribution in [2.45, 2.75) is 12.2 Å². The summed E-state index contributed by atoms with van der Waals surface area (Å²) in [6.45, 7) is 2.58. The molecule has 1 N–H and O–H groups in total. The van der Waals surface area contributed by atoms with Gasteiger partial charge in [-0.2, -0.15) is 13.2 Å². The van der Waals surface area contributed by atoms with Gasteiger partial charge in [0.1, 0.15) is 13.2 Å². The third-order valence-corrected chi connectivity index (χ3v) is 5.60. The highest BCUT2D eigenvalue weighted by molar-refractivity contribution is 6.30. The Hall–Kier alpha value is -2.13. The Morgan fingerprint density at radius 1 is 1.00 bits per heavy atom. The molecule has 0 saturated carbocycles. The lowest BCUT2D eigenvalue weighted by molar-refractivity contribution is -0.141. The highest BCUT2D eigenvalue weighted by Crippen LogP contribution is 2.30. The van der Waals surface area contributed by atoms with Crippen molar-refractivity contribution in [3.63, 3.8) is 0 Å². The van der Waals surface area contributed by atoms with Gasteiger partial charge in [0.15, 0.2) is 0 Å². The number of nitrogens with one attached hydrogen (secondary N) is 1. The number of alkyl halides is 3. The molecule has 5 nitrogen and oxygen atoms in total. The van der Waals surface area contributed by atoms with Gasteiger partial charge in [-0.1, -0.05) is 54.1 Å². The van der Waals surface area contributed by atoms with Crippen LogP contribution in [0.1, 0.15) is 17.2 Å². The van der Waals surface area contributed by atoms with Gasteiger partial charge in [-0.25, -0.2) is 0 Å². The molecular weight excluding hydrogens is 443 g/mol. The zero-order valence-electron chi connectivity index (χ0n) is 17.7. The predicted molar refractivity (Wildman–Crippen MR) is 118 cm³/mol. The molecule has 1 amide bonds. The summed E-state index contributed by atoms with van der Waals surface area (Å²) >= 11 is 6.08. The second-order valence-electron chi connectivity index (χ2n) is 7.69. The van der Waals surface area contributed by atoms with Gasteiger partial charge in [0.25, 0.3) is 0 Å². The quantitative estimate of drug-likeness (QED) is 0.568. The molecule has 1 aliphatic rings. The second-order valence-corrected chi connectivity index (χ2v) is 8.12. The van der Waals surface area contributed by atoms with E-state index >= 15 is 0 Å². The van der Waals surface area contributed by atoms with Crippen LogP contribution in [0.3, 0.4) is 0 Å². The van der Waals surface area contributed by atoms with Crippen molar-refractivity contribution in [2.24, 2.45) is 0 Å². The Morgan fingerprint density at radius 3 is 2.25 bits per heavy atom. The van der Waals surface area contributed by atoms with Crippen molar-refractivity contribution >= 4 is 17.5 Å². The number of ether oxygens (including phenoxy) is 1. The molecule has 32 heavy (non-hydrogen) atoms. The topological polar surface area (TPSA) is 44.8 Å². The van der Waals surface area contributed by atoms with Crippen LogP contribution in [0.4, 0.5) is 13.2 Å². The van der Waals surface area contributed by atoms with E-state index < -0.39 is 18.6 Å². The molecule has 2 aromatic carbocycles. The zero-order chi connectivity index (χ0) is 23.0. The van der Waals surface area contributed by atoms with Crippen molar-refractivity contribution in [1.82, 2.24) is 15.1 Å². The largest absolute Gasteiger partial charge is 0.405 e. The summed E-state index contributed by atoms with van der Waals surface area (Å²) in [6.07, 6.45) is -4.42. The highest BCUT2D eigenvalue weighted by Gasteiger charge is 2.28. The Bertz CT molecular complexity index is 842. The van der Waals surface area contributed by atoms with Crippen molar-refractivity contribution in [1.29, 1.82) is 0 Å². The molecule has 0 spiro atoms. The zero-order valence-corrected chi connectivity index (χ0v) is 18.4. The number of nitrogens with zero attached hydrogens (tertiary/aromatic N) is 2. The Kier molecular flexibility index (Phi) is 8.92. The van der Waals surface area contributed by atoms with Crippen molar-refractivity contribution in [2.75, 3.05) is 52.5 Å². The number of piperazine rings is 1. The van der Waals surface area contributed by atoms with Crippen LogP contribution in [0.2, 0.25) is 5.02 Å². The fourth-order valence-corrected chi connectivity index (χ4v) is 3.87. The average molecular weight is 470 g/mol. The lowest BCUT2D eigenvalue weighted by Gasteiger charge is -2.39. The molecule has 9 heteroatoms. The van der Waals surface area contributed by atoms with E-state index in [0.29, 0.717) is 18.2 Å². The monoisotopic (exact) mass is 469 g/mol. The average Bonchev–Trinajstić information content (AvgIpc) is 2.78. The number of amides is 1. The number of hydrogen-bond acceptors (Lipinski definition) is 4. The van der Waals surface area contributed by atoms with E-state index in [2.05, 4.69) is 34.1 Å². The third-order valence-electron chi connectivity index (χ3n) is 5.34. The molecule has 3 rings (SSSR count). The molecule has 1 fully saturated rings. The lowest BCUT2D eigenvalue weighted by atomic mass is 9.96. The van der Waals surface area contributed by atoms with E-state index in [0.717, 1.165) is 26.2 Å². The van der Waals surface area contributed by atoms with Crippen LogP contribution in [0.25, 0.3) is 0 Å². The van der Waals surface area contributed by atoms with Crippen LogP contribution < -0.4 is 5.32 Å². The first-order valence-electron chi connectivity index (χ1n) is 10.5. The SMILES string of the molecule is O=C(COCCN1CCN(C(c2ccccc2)c2ccc(Cl)cc2)CC1)NCC(F)(F)F. The summed E-state index contributed by atoms with van der Waals surface area (Å²) in [7, 11) is 0. The maximum atomic E-state index is 12.1. The van der Waals surface area contributed by atoms with Gasteiger partial charge in [-0.05, 0) is 23.3 Å². The summed E-state index contributed by atoms with van der Waals surface area (Å²) in [5.74, 6) is -0.763. The van der Waals surface area contributed by atoms with Crippen molar-refractivity contribution < 1.29 is 22.7 Å². The fraction of sp³-hybridized carbons (Fsp3) is 0.435. The lowest BCUT2D eigenvalue weighted by Crippen LogP contribution is -2.48. The first-order chi connectivity index (χ1) is 15.3. The second kappa shape index (κ2) is 11.7. The van der Waals surface area contributed by atoms with Crippen molar-refractivity contribution in [3.8, 4) is 0 Å². The van der Waals surface area contributed by atoms with Crippen LogP contribution in [0.15, 0.2) is 54.6 Å². The number of carbonyl (C=O) groups is 1. The van der Waals surface area contributed by atoms with E-state index in [4.69, 9.17) is 16.3 Å². The first-order valence-corrected chi connectivity index (χ1v) is 10.9. The number of rotatable bonds is 9. The van der Waals surface area contributed by atoms with E-state index in [1.165, 1.54) is 11.1 Å². The number of halogens is 4. The van der Waals surface area contributed by atoms with E-state index in [9.17, 15) is 18.0 Å². The van der Waals surface area contributed by atoms with Gasteiger partial charge in [0.2, 0.25) is 5.91 Å². The molecule has 2 aromatic rings. The molecule has 0 bridgehead atoms. The minimum absolute atomic E-state index is 0.129. The van der Waals surface area contributed by atoms with Crippen LogP contribution in [0.5, 0.6) is 0 Å². The number of hydrogen-bond donors (Lipinski definition) is 1. The van der Waals surface area contributed by atoms with E-state index in [1.54, 1.807) is 5.32 Å². The molecule has 0 radical (unpaired) electrons. The molecule has 174 valence electrons. The summed E-state index contributed by atoms with van der Waals surface area (Å²) in [6, 6.07) is 18.4. The van der Waals surface area contributed by atoms with Gasteiger partial charge >= 0.3 is 6.18 Å². The third kappa shape index (κ3) is 7.78. The Morgan fingerprint density at radius 2 is 1.62 bits per heavy atom. The number of benzene rings is 2. The molecule has 1 saturated heterocycles. The minimum atomic E-state index is -4.42. The summed E-state index contributed by atoms with van der Waals surface area (Å²) in [5, 5.41) is 2.50. The van der Waals surface area contributed by atoms with Crippen LogP contribution in [-0.4, -0.2) is 74.4 Å². The highest BCUT2D eigenvalue weighted by atomic mass is 35.5. The minimum Gasteiger partial charge on any atom is -0.370 e. The summed E-state index contributed by atoms with van der Waals surface area (Å²) in [5.41, 5.74) is 2.40.